The molecule has 0 unspecified atom stereocenters. The number of aryl methyl sites for hydroxylation is 1. The van der Waals surface area contributed by atoms with Crippen LogP contribution in [0.2, 0.25) is 0 Å². The fraction of sp³-hybridized carbons (Fsp3) is 0.533. The highest BCUT2D eigenvalue weighted by atomic mass is 16.2. The van der Waals surface area contributed by atoms with Gasteiger partial charge in [0.2, 0.25) is 0 Å². The number of hydrogen-bond acceptors (Lipinski definition) is 1. The van der Waals surface area contributed by atoms with Gasteiger partial charge in [-0.1, -0.05) is 30.3 Å². The van der Waals surface area contributed by atoms with E-state index in [4.69, 9.17) is 0 Å². The van der Waals surface area contributed by atoms with Crippen molar-refractivity contribution >= 4 is 6.03 Å². The Labute approximate surface area is 110 Å². The minimum Gasteiger partial charge on any atom is -0.333 e. The molecule has 2 amide bonds. The number of nitrogens with zero attached hydrogens (tertiary/aromatic N) is 1. The Kier molecular flexibility index (Phi) is 5.20. The third-order valence-electron chi connectivity index (χ3n) is 3.15. The van der Waals surface area contributed by atoms with E-state index >= 15 is 0 Å². The second-order valence-corrected chi connectivity index (χ2v) is 5.31. The molecule has 100 valence electrons. The molecule has 0 aliphatic rings. The molecule has 0 heterocycles. The van der Waals surface area contributed by atoms with E-state index in [9.17, 15) is 4.79 Å². The van der Waals surface area contributed by atoms with E-state index in [2.05, 4.69) is 31.3 Å². The van der Waals surface area contributed by atoms with E-state index in [0.717, 1.165) is 19.4 Å². The molecular weight excluding hydrogens is 224 g/mol. The molecular formula is C15H24N2O. The van der Waals surface area contributed by atoms with E-state index in [1.54, 1.807) is 4.90 Å². The number of carbonyl (C=O) groups excluding carboxylic acids is 1. The summed E-state index contributed by atoms with van der Waals surface area (Å²) in [6.07, 6.45) is 1.91. The van der Waals surface area contributed by atoms with Crippen LogP contribution < -0.4 is 5.32 Å². The van der Waals surface area contributed by atoms with E-state index in [1.807, 2.05) is 32.2 Å². The van der Waals surface area contributed by atoms with Crippen molar-refractivity contribution in [2.24, 2.45) is 0 Å². The van der Waals surface area contributed by atoms with Gasteiger partial charge in [-0.25, -0.2) is 4.79 Å². The normalized spacial score (nSPS) is 11.1. The predicted octanol–water partition coefficient (Wildman–Crippen LogP) is 3.06. The lowest BCUT2D eigenvalue weighted by molar-refractivity contribution is 0.197. The molecule has 0 aliphatic carbocycles. The largest absolute Gasteiger partial charge is 0.333 e. The first kappa shape index (κ1) is 14.6. The lowest BCUT2D eigenvalue weighted by atomic mass is 9.95. The van der Waals surface area contributed by atoms with Gasteiger partial charge in [0.25, 0.3) is 0 Å². The predicted molar refractivity (Wildman–Crippen MR) is 75.7 cm³/mol. The zero-order valence-corrected chi connectivity index (χ0v) is 11.9. The van der Waals surface area contributed by atoms with E-state index in [0.29, 0.717) is 0 Å². The van der Waals surface area contributed by atoms with E-state index in [1.165, 1.54) is 5.56 Å². The van der Waals surface area contributed by atoms with Crippen molar-refractivity contribution in [1.29, 1.82) is 0 Å². The highest BCUT2D eigenvalue weighted by Gasteiger charge is 2.21. The van der Waals surface area contributed by atoms with Crippen LogP contribution in [-0.4, -0.2) is 30.1 Å². The van der Waals surface area contributed by atoms with Crippen molar-refractivity contribution in [3.8, 4) is 0 Å². The molecule has 18 heavy (non-hydrogen) atoms. The molecule has 0 fully saturated rings. The summed E-state index contributed by atoms with van der Waals surface area (Å²) in [5.74, 6) is 0. The van der Waals surface area contributed by atoms with Crippen LogP contribution in [0.15, 0.2) is 30.3 Å². The maximum Gasteiger partial charge on any atom is 0.317 e. The van der Waals surface area contributed by atoms with Gasteiger partial charge in [0.05, 0.1) is 0 Å². The van der Waals surface area contributed by atoms with Crippen molar-refractivity contribution < 1.29 is 4.79 Å². The molecule has 0 aromatic heterocycles. The van der Waals surface area contributed by atoms with Gasteiger partial charge in [-0.15, -0.1) is 0 Å². The van der Waals surface area contributed by atoms with Gasteiger partial charge in [0.15, 0.2) is 0 Å². The Morgan fingerprint density at radius 1 is 1.28 bits per heavy atom. The minimum absolute atomic E-state index is 0.00411. The lowest BCUT2D eigenvalue weighted by Crippen LogP contribution is -2.49. The summed E-state index contributed by atoms with van der Waals surface area (Å²) in [6, 6.07) is 10.4. The van der Waals surface area contributed by atoms with Crippen LogP contribution in [0, 0.1) is 0 Å². The zero-order chi connectivity index (χ0) is 13.6. The molecule has 1 aromatic rings. The van der Waals surface area contributed by atoms with Crippen LogP contribution in [0.1, 0.15) is 32.8 Å². The highest BCUT2D eigenvalue weighted by molar-refractivity contribution is 5.74. The van der Waals surface area contributed by atoms with Crippen LogP contribution in [0.5, 0.6) is 0 Å². The van der Waals surface area contributed by atoms with Crippen LogP contribution in [0.4, 0.5) is 4.79 Å². The van der Waals surface area contributed by atoms with Crippen LogP contribution in [-0.2, 0) is 6.42 Å². The molecule has 0 saturated carbocycles. The Balaban J connectivity index is 2.47. The average molecular weight is 248 g/mol. The monoisotopic (exact) mass is 248 g/mol. The van der Waals surface area contributed by atoms with Gasteiger partial charge in [-0.2, -0.15) is 0 Å². The molecule has 0 spiro atoms. The first-order chi connectivity index (χ1) is 8.44. The first-order valence-corrected chi connectivity index (χ1v) is 6.52. The molecule has 3 nitrogen and oxygen atoms in total. The first-order valence-electron chi connectivity index (χ1n) is 6.52. The highest BCUT2D eigenvalue weighted by Crippen LogP contribution is 2.13. The van der Waals surface area contributed by atoms with Crippen molar-refractivity contribution in [2.75, 3.05) is 13.6 Å². The average Bonchev–Trinajstić information content (AvgIpc) is 2.36. The number of hydrogen-bond donors (Lipinski definition) is 1. The number of carbonyl (C=O) groups is 1. The van der Waals surface area contributed by atoms with Gasteiger partial charge in [0, 0.05) is 19.1 Å². The van der Waals surface area contributed by atoms with Gasteiger partial charge in [0.1, 0.15) is 0 Å². The molecule has 1 aromatic carbocycles. The Morgan fingerprint density at radius 2 is 1.89 bits per heavy atom. The summed E-state index contributed by atoms with van der Waals surface area (Å²) in [6.45, 7) is 6.83. The van der Waals surface area contributed by atoms with Crippen LogP contribution >= 0.6 is 0 Å². The SMILES string of the molecule is CCN(C)C(=O)NC(C)(C)CCc1ccccc1. The third-order valence-corrected chi connectivity index (χ3v) is 3.15. The van der Waals surface area contributed by atoms with Gasteiger partial charge in [-0.3, -0.25) is 0 Å². The fourth-order valence-corrected chi connectivity index (χ4v) is 1.69. The van der Waals surface area contributed by atoms with Crippen molar-refractivity contribution in [2.45, 2.75) is 39.2 Å². The summed E-state index contributed by atoms with van der Waals surface area (Å²) in [5.41, 5.74) is 1.12. The summed E-state index contributed by atoms with van der Waals surface area (Å²) in [5, 5.41) is 3.06. The van der Waals surface area contributed by atoms with Crippen molar-refractivity contribution in [3.05, 3.63) is 35.9 Å². The van der Waals surface area contributed by atoms with Gasteiger partial charge < -0.3 is 10.2 Å². The second-order valence-electron chi connectivity index (χ2n) is 5.31. The Hall–Kier alpha value is -1.51. The molecule has 0 bridgehead atoms. The number of benzene rings is 1. The fourth-order valence-electron chi connectivity index (χ4n) is 1.69. The summed E-state index contributed by atoms with van der Waals surface area (Å²) >= 11 is 0. The zero-order valence-electron chi connectivity index (χ0n) is 11.9. The summed E-state index contributed by atoms with van der Waals surface area (Å²) < 4.78 is 0. The molecule has 0 atom stereocenters. The molecule has 0 saturated heterocycles. The number of urea groups is 1. The second kappa shape index (κ2) is 6.43. The molecule has 3 heteroatoms. The van der Waals surface area contributed by atoms with Crippen molar-refractivity contribution in [3.63, 3.8) is 0 Å². The third kappa shape index (κ3) is 4.78. The standard InChI is InChI=1S/C15H24N2O/c1-5-17(4)14(18)16-15(2,3)12-11-13-9-7-6-8-10-13/h6-10H,5,11-12H2,1-4H3,(H,16,18). The number of nitrogens with one attached hydrogen (secondary N) is 1. The molecule has 0 radical (unpaired) electrons. The quantitative estimate of drug-likeness (QED) is 0.853. The Morgan fingerprint density at radius 3 is 2.44 bits per heavy atom. The number of rotatable bonds is 5. The van der Waals surface area contributed by atoms with Crippen LogP contribution in [0.3, 0.4) is 0 Å². The molecule has 1 rings (SSSR count). The van der Waals surface area contributed by atoms with Gasteiger partial charge >= 0.3 is 6.03 Å². The summed E-state index contributed by atoms with van der Waals surface area (Å²) in [7, 11) is 1.81. The number of amides is 2. The minimum atomic E-state index is -0.184. The lowest BCUT2D eigenvalue weighted by Gasteiger charge is -2.29. The smallest absolute Gasteiger partial charge is 0.317 e. The topological polar surface area (TPSA) is 32.3 Å². The summed E-state index contributed by atoms with van der Waals surface area (Å²) in [4.78, 5) is 13.5. The molecule has 1 N–H and O–H groups in total. The Bertz CT molecular complexity index is 373. The maximum absolute atomic E-state index is 11.8. The van der Waals surface area contributed by atoms with E-state index < -0.39 is 0 Å². The van der Waals surface area contributed by atoms with E-state index in [-0.39, 0.29) is 11.6 Å². The maximum atomic E-state index is 11.8. The van der Waals surface area contributed by atoms with Gasteiger partial charge in [-0.05, 0) is 39.2 Å². The molecule has 0 aliphatic heterocycles. The van der Waals surface area contributed by atoms with Crippen LogP contribution in [0.25, 0.3) is 0 Å². The van der Waals surface area contributed by atoms with Crippen molar-refractivity contribution in [1.82, 2.24) is 10.2 Å².